The van der Waals surface area contributed by atoms with Gasteiger partial charge in [0.25, 0.3) is 0 Å². The Morgan fingerprint density at radius 1 is 1.10 bits per heavy atom. The van der Waals surface area contributed by atoms with Crippen molar-refractivity contribution in [3.05, 3.63) is 59.2 Å². The van der Waals surface area contributed by atoms with Crippen molar-refractivity contribution in [1.82, 2.24) is 4.90 Å². The predicted molar refractivity (Wildman–Crippen MR) is 112 cm³/mol. The lowest BCUT2D eigenvalue weighted by Crippen LogP contribution is -2.32. The summed E-state index contributed by atoms with van der Waals surface area (Å²) in [5.74, 6) is 7.89. The molecule has 6 nitrogen and oxygen atoms in total. The third-order valence-electron chi connectivity index (χ3n) is 4.92. The minimum Gasteiger partial charge on any atom is -0.497 e. The number of carbonyl (C=O) groups excluding carboxylic acids is 1. The van der Waals surface area contributed by atoms with Crippen molar-refractivity contribution in [1.29, 1.82) is 5.41 Å². The summed E-state index contributed by atoms with van der Waals surface area (Å²) in [7, 11) is 4.95. The van der Waals surface area contributed by atoms with Crippen LogP contribution in [0.2, 0.25) is 0 Å². The van der Waals surface area contributed by atoms with Crippen LogP contribution < -0.4 is 15.2 Å². The predicted octanol–water partition coefficient (Wildman–Crippen LogP) is 3.21. The average molecular weight is 391 g/mol. The van der Waals surface area contributed by atoms with Gasteiger partial charge in [-0.3, -0.25) is 10.2 Å². The summed E-state index contributed by atoms with van der Waals surface area (Å²) < 4.78 is 10.5. The van der Waals surface area contributed by atoms with E-state index in [9.17, 15) is 4.79 Å². The first-order valence-electron chi connectivity index (χ1n) is 9.39. The molecule has 2 aromatic carbocycles. The maximum atomic E-state index is 11.9. The number of rotatable bonds is 6. The highest BCUT2D eigenvalue weighted by Crippen LogP contribution is 2.30. The van der Waals surface area contributed by atoms with Crippen LogP contribution in [0.25, 0.3) is 0 Å². The zero-order valence-corrected chi connectivity index (χ0v) is 16.9. The Hall–Kier alpha value is -3.46. The largest absolute Gasteiger partial charge is 0.497 e. The fourth-order valence-corrected chi connectivity index (χ4v) is 2.99. The maximum absolute atomic E-state index is 11.9. The van der Waals surface area contributed by atoms with Gasteiger partial charge in [-0.25, -0.2) is 0 Å². The molecule has 0 saturated heterocycles. The van der Waals surface area contributed by atoms with Gasteiger partial charge >= 0.3 is 0 Å². The van der Waals surface area contributed by atoms with E-state index in [0.29, 0.717) is 17.2 Å². The number of nitrogens with one attached hydrogen (secondary N) is 1. The fraction of sp³-hybridized carbons (Fsp3) is 0.304. The smallest absolute Gasteiger partial charge is 0.249 e. The van der Waals surface area contributed by atoms with Crippen LogP contribution in [0.4, 0.5) is 0 Å². The van der Waals surface area contributed by atoms with Crippen molar-refractivity contribution in [2.75, 3.05) is 21.3 Å². The number of benzene rings is 2. The molecule has 0 heterocycles. The van der Waals surface area contributed by atoms with Gasteiger partial charge in [-0.2, -0.15) is 0 Å². The number of hydrogen-bond donors (Lipinski definition) is 2. The molecule has 0 radical (unpaired) electrons. The molecule has 1 atom stereocenters. The molecular weight excluding hydrogens is 366 g/mol. The lowest BCUT2D eigenvalue weighted by molar-refractivity contribution is 0.1000. The Morgan fingerprint density at radius 2 is 1.72 bits per heavy atom. The number of primary amides is 1. The van der Waals surface area contributed by atoms with Gasteiger partial charge in [0.2, 0.25) is 5.91 Å². The molecule has 0 aromatic heterocycles. The number of hydrogen-bond acceptors (Lipinski definition) is 4. The molecule has 2 aromatic rings. The summed E-state index contributed by atoms with van der Waals surface area (Å²) in [5, 5.41) is 8.77. The highest BCUT2D eigenvalue weighted by molar-refractivity contribution is 6.08. The van der Waals surface area contributed by atoms with Crippen molar-refractivity contribution in [3.8, 4) is 23.3 Å². The number of nitrogens with zero attached hydrogens (tertiary/aromatic N) is 1. The van der Waals surface area contributed by atoms with Crippen molar-refractivity contribution in [3.63, 3.8) is 0 Å². The first kappa shape index (κ1) is 20.3. The molecule has 1 aliphatic carbocycles. The van der Waals surface area contributed by atoms with Crippen LogP contribution in [0, 0.1) is 23.2 Å². The quantitative estimate of drug-likeness (QED) is 0.450. The molecule has 150 valence electrons. The number of methoxy groups -OCH3 is 2. The van der Waals surface area contributed by atoms with Gasteiger partial charge in [-0.15, -0.1) is 0 Å². The van der Waals surface area contributed by atoms with E-state index >= 15 is 0 Å². The van der Waals surface area contributed by atoms with Crippen LogP contribution in [-0.4, -0.2) is 37.9 Å². The fourth-order valence-electron chi connectivity index (χ4n) is 2.99. The first-order valence-corrected chi connectivity index (χ1v) is 9.39. The number of nitrogens with two attached hydrogens (primary N) is 1. The van der Waals surface area contributed by atoms with Gasteiger partial charge in [-0.05, 0) is 48.7 Å². The van der Waals surface area contributed by atoms with E-state index in [2.05, 4.69) is 11.8 Å². The van der Waals surface area contributed by atoms with Crippen molar-refractivity contribution in [2.24, 2.45) is 11.7 Å². The lowest BCUT2D eigenvalue weighted by Gasteiger charge is -2.28. The van der Waals surface area contributed by atoms with Gasteiger partial charge in [0.1, 0.15) is 23.4 Å². The van der Waals surface area contributed by atoms with E-state index in [4.69, 9.17) is 20.6 Å². The third-order valence-corrected chi connectivity index (χ3v) is 4.92. The molecule has 3 N–H and O–H groups in total. The molecule has 3 rings (SSSR count). The third kappa shape index (κ3) is 4.69. The molecule has 0 spiro atoms. The highest BCUT2D eigenvalue weighted by atomic mass is 16.5. The van der Waals surface area contributed by atoms with Crippen LogP contribution >= 0.6 is 0 Å². The standard InChI is InChI=1S/C23H25N3O3/c1-26(22(24)20-14-18(29-3)11-12-19(20)23(25)27)21(13-6-15-4-5-15)16-7-9-17(28-2)10-8-16/h7-12,14-15,21,24H,4-5H2,1-3H3,(H2,25,27). The molecule has 1 amide bonds. The van der Waals surface area contributed by atoms with Crippen LogP contribution in [0.1, 0.15) is 40.4 Å². The summed E-state index contributed by atoms with van der Waals surface area (Å²) in [4.78, 5) is 13.7. The molecule has 0 bridgehead atoms. The molecule has 1 aliphatic rings. The van der Waals surface area contributed by atoms with Crippen LogP contribution in [0.15, 0.2) is 42.5 Å². The second-order valence-electron chi connectivity index (χ2n) is 6.97. The highest BCUT2D eigenvalue weighted by Gasteiger charge is 2.24. The minimum absolute atomic E-state index is 0.142. The summed E-state index contributed by atoms with van der Waals surface area (Å²) in [6, 6.07) is 12.2. The second-order valence-corrected chi connectivity index (χ2v) is 6.97. The zero-order valence-electron chi connectivity index (χ0n) is 16.9. The minimum atomic E-state index is -0.592. The van der Waals surface area contributed by atoms with Gasteiger partial charge < -0.3 is 20.1 Å². The van der Waals surface area contributed by atoms with Crippen LogP contribution in [0.3, 0.4) is 0 Å². The van der Waals surface area contributed by atoms with Crippen LogP contribution in [0.5, 0.6) is 11.5 Å². The van der Waals surface area contributed by atoms with Crippen molar-refractivity contribution < 1.29 is 14.3 Å². The summed E-state index contributed by atoms with van der Waals surface area (Å²) in [6.45, 7) is 0. The molecule has 1 unspecified atom stereocenters. The SMILES string of the molecule is COc1ccc(C(C#CC2CC2)N(C)C(=N)c2cc(OC)ccc2C(N)=O)cc1. The Kier molecular flexibility index (Phi) is 6.08. The van der Waals surface area contributed by atoms with E-state index < -0.39 is 5.91 Å². The van der Waals surface area contributed by atoms with E-state index in [1.807, 2.05) is 24.3 Å². The maximum Gasteiger partial charge on any atom is 0.249 e. The number of ether oxygens (including phenoxy) is 2. The molecule has 1 fully saturated rings. The average Bonchev–Trinajstić information content (AvgIpc) is 3.57. The first-order chi connectivity index (χ1) is 13.9. The van der Waals surface area contributed by atoms with E-state index in [1.165, 1.54) is 7.11 Å². The lowest BCUT2D eigenvalue weighted by atomic mass is 10.0. The van der Waals surface area contributed by atoms with Gasteiger partial charge in [0.05, 0.1) is 19.8 Å². The zero-order chi connectivity index (χ0) is 21.0. The number of amidine groups is 1. The van der Waals surface area contributed by atoms with Crippen LogP contribution in [-0.2, 0) is 0 Å². The normalized spacial score (nSPS) is 13.6. The second kappa shape index (κ2) is 8.70. The van der Waals surface area contributed by atoms with Gasteiger partial charge in [0, 0.05) is 18.5 Å². The van der Waals surface area contributed by atoms with Gasteiger partial charge in [-0.1, -0.05) is 24.0 Å². The molecule has 6 heteroatoms. The van der Waals surface area contributed by atoms with Gasteiger partial charge in [0.15, 0.2) is 0 Å². The Balaban J connectivity index is 1.98. The number of carbonyl (C=O) groups is 1. The molecule has 0 aliphatic heterocycles. The summed E-state index contributed by atoms with van der Waals surface area (Å²) in [6.07, 6.45) is 2.23. The van der Waals surface area contributed by atoms with E-state index in [-0.39, 0.29) is 17.4 Å². The summed E-state index contributed by atoms with van der Waals surface area (Å²) >= 11 is 0. The van der Waals surface area contributed by atoms with E-state index in [1.54, 1.807) is 37.3 Å². The van der Waals surface area contributed by atoms with Crippen molar-refractivity contribution >= 4 is 11.7 Å². The topological polar surface area (TPSA) is 88.6 Å². The van der Waals surface area contributed by atoms with Crippen molar-refractivity contribution in [2.45, 2.75) is 18.9 Å². The Morgan fingerprint density at radius 3 is 2.28 bits per heavy atom. The molecular formula is C23H25N3O3. The monoisotopic (exact) mass is 391 g/mol. The van der Waals surface area contributed by atoms with E-state index in [0.717, 1.165) is 24.2 Å². The number of amides is 1. The Labute approximate surface area is 171 Å². The molecule has 1 saturated carbocycles. The molecule has 29 heavy (non-hydrogen) atoms. The Bertz CT molecular complexity index is 969. The summed E-state index contributed by atoms with van der Waals surface area (Å²) in [5.41, 5.74) is 7.15.